The van der Waals surface area contributed by atoms with Crippen LogP contribution in [0.5, 0.6) is 0 Å². The van der Waals surface area contributed by atoms with Crippen molar-refractivity contribution in [3.05, 3.63) is 0 Å². The summed E-state index contributed by atoms with van der Waals surface area (Å²) in [5.74, 6) is 0. The molecule has 1 heterocycles. The van der Waals surface area contributed by atoms with Gasteiger partial charge in [0.15, 0.2) is 0 Å². The van der Waals surface area contributed by atoms with Crippen molar-refractivity contribution < 1.29 is 9.47 Å². The average molecular weight is 230 g/mol. The Morgan fingerprint density at radius 3 is 2.81 bits per heavy atom. The quantitative estimate of drug-likeness (QED) is 0.729. The number of ether oxygens (including phenoxy) is 2. The molecule has 1 atom stereocenters. The Labute approximate surface area is 99.3 Å². The molecule has 0 radical (unpaired) electrons. The van der Waals surface area contributed by atoms with E-state index in [9.17, 15) is 0 Å². The summed E-state index contributed by atoms with van der Waals surface area (Å²) in [6, 6.07) is 0.452. The van der Waals surface area contributed by atoms with Crippen LogP contribution in [0.15, 0.2) is 0 Å². The maximum atomic E-state index is 5.73. The third-order valence-corrected chi connectivity index (χ3v) is 2.96. The summed E-state index contributed by atoms with van der Waals surface area (Å²) in [5, 5.41) is 3.40. The lowest BCUT2D eigenvalue weighted by molar-refractivity contribution is -0.102. The summed E-state index contributed by atoms with van der Waals surface area (Å²) in [5.41, 5.74) is -0.0313. The molecule has 0 amide bonds. The van der Waals surface area contributed by atoms with E-state index in [2.05, 4.69) is 31.0 Å². The number of hydrogen-bond donors (Lipinski definition) is 1. The lowest BCUT2D eigenvalue weighted by Crippen LogP contribution is -2.55. The van der Waals surface area contributed by atoms with Crippen molar-refractivity contribution >= 4 is 0 Å². The van der Waals surface area contributed by atoms with Crippen LogP contribution in [0.3, 0.4) is 0 Å². The van der Waals surface area contributed by atoms with Crippen LogP contribution in [0, 0.1) is 0 Å². The molecule has 0 aromatic rings. The number of morpholine rings is 1. The number of methoxy groups -OCH3 is 1. The second kappa shape index (κ2) is 6.55. The van der Waals surface area contributed by atoms with Crippen LogP contribution in [0.1, 0.15) is 20.8 Å². The first-order valence-corrected chi connectivity index (χ1v) is 6.16. The van der Waals surface area contributed by atoms with Crippen molar-refractivity contribution in [2.24, 2.45) is 0 Å². The van der Waals surface area contributed by atoms with Gasteiger partial charge in [0, 0.05) is 32.8 Å². The molecule has 1 saturated heterocycles. The zero-order valence-electron chi connectivity index (χ0n) is 11.1. The lowest BCUT2D eigenvalue weighted by atomic mass is 10.1. The van der Waals surface area contributed by atoms with Crippen LogP contribution < -0.4 is 5.32 Å². The molecule has 1 unspecified atom stereocenters. The van der Waals surface area contributed by atoms with Gasteiger partial charge in [0.25, 0.3) is 0 Å². The van der Waals surface area contributed by atoms with Gasteiger partial charge < -0.3 is 14.8 Å². The number of nitrogens with zero attached hydrogens (tertiary/aromatic N) is 1. The number of likely N-dealkylation sites (N-methyl/N-ethyl adjacent to an activating group) is 1. The molecule has 96 valence electrons. The zero-order chi connectivity index (χ0) is 12.0. The van der Waals surface area contributed by atoms with E-state index in [1.807, 2.05) is 0 Å². The minimum Gasteiger partial charge on any atom is -0.383 e. The molecule has 4 nitrogen and oxygen atoms in total. The third kappa shape index (κ3) is 4.37. The standard InChI is InChI=1S/C12H26N2O2/c1-5-13-8-11(9-15-4)14-6-7-16-12(2,3)10-14/h11,13H,5-10H2,1-4H3. The Bertz CT molecular complexity index is 197. The smallest absolute Gasteiger partial charge is 0.0753 e. The van der Waals surface area contributed by atoms with Crippen molar-refractivity contribution in [3.8, 4) is 0 Å². The highest BCUT2D eigenvalue weighted by molar-refractivity contribution is 4.84. The molecule has 1 aliphatic heterocycles. The van der Waals surface area contributed by atoms with Gasteiger partial charge in [-0.15, -0.1) is 0 Å². The van der Waals surface area contributed by atoms with Crippen LogP contribution in [0.25, 0.3) is 0 Å². The molecule has 4 heteroatoms. The molecule has 0 aromatic carbocycles. The van der Waals surface area contributed by atoms with Crippen molar-refractivity contribution in [2.75, 3.05) is 46.5 Å². The molecular weight excluding hydrogens is 204 g/mol. The Morgan fingerprint density at radius 2 is 2.25 bits per heavy atom. The maximum absolute atomic E-state index is 5.73. The Kier molecular flexibility index (Phi) is 5.69. The van der Waals surface area contributed by atoms with Crippen molar-refractivity contribution in [1.29, 1.82) is 0 Å². The fourth-order valence-electron chi connectivity index (χ4n) is 2.16. The van der Waals surface area contributed by atoms with E-state index in [4.69, 9.17) is 9.47 Å². The van der Waals surface area contributed by atoms with E-state index in [-0.39, 0.29) is 5.60 Å². The molecule has 1 fully saturated rings. The van der Waals surface area contributed by atoms with Crippen LogP contribution in [0.4, 0.5) is 0 Å². The Morgan fingerprint density at radius 1 is 1.50 bits per heavy atom. The number of rotatable bonds is 6. The van der Waals surface area contributed by atoms with Crippen LogP contribution in [-0.4, -0.2) is 63.0 Å². The molecule has 0 bridgehead atoms. The highest BCUT2D eigenvalue weighted by atomic mass is 16.5. The molecule has 1 aliphatic rings. The van der Waals surface area contributed by atoms with E-state index in [0.717, 1.165) is 39.4 Å². The van der Waals surface area contributed by atoms with E-state index < -0.39 is 0 Å². The van der Waals surface area contributed by atoms with Gasteiger partial charge in [-0.2, -0.15) is 0 Å². The summed E-state index contributed by atoms with van der Waals surface area (Å²) in [6.07, 6.45) is 0. The van der Waals surface area contributed by atoms with Crippen LogP contribution in [-0.2, 0) is 9.47 Å². The molecule has 1 rings (SSSR count). The van der Waals surface area contributed by atoms with Crippen molar-refractivity contribution in [2.45, 2.75) is 32.4 Å². The Balaban J connectivity index is 2.48. The molecule has 0 aliphatic carbocycles. The van der Waals surface area contributed by atoms with E-state index in [1.165, 1.54) is 0 Å². The fourth-order valence-corrected chi connectivity index (χ4v) is 2.16. The predicted octanol–water partition coefficient (Wildman–Crippen LogP) is 0.722. The number of hydrogen-bond acceptors (Lipinski definition) is 4. The van der Waals surface area contributed by atoms with Gasteiger partial charge in [0.05, 0.1) is 18.8 Å². The summed E-state index contributed by atoms with van der Waals surface area (Å²) in [6.45, 7) is 12.0. The van der Waals surface area contributed by atoms with Gasteiger partial charge in [-0.05, 0) is 20.4 Å². The summed E-state index contributed by atoms with van der Waals surface area (Å²) < 4.78 is 11.0. The third-order valence-electron chi connectivity index (χ3n) is 2.96. The van der Waals surface area contributed by atoms with Crippen molar-refractivity contribution in [3.63, 3.8) is 0 Å². The molecule has 1 N–H and O–H groups in total. The maximum Gasteiger partial charge on any atom is 0.0753 e. The predicted molar refractivity (Wildman–Crippen MR) is 65.8 cm³/mol. The van der Waals surface area contributed by atoms with Gasteiger partial charge in [0.2, 0.25) is 0 Å². The minimum absolute atomic E-state index is 0.0313. The van der Waals surface area contributed by atoms with E-state index in [1.54, 1.807) is 7.11 Å². The second-order valence-electron chi connectivity index (χ2n) is 5.00. The SMILES string of the molecule is CCNCC(COC)N1CCOC(C)(C)C1. The van der Waals surface area contributed by atoms with Gasteiger partial charge in [-0.3, -0.25) is 4.90 Å². The van der Waals surface area contributed by atoms with Crippen LogP contribution >= 0.6 is 0 Å². The first kappa shape index (κ1) is 13.9. The monoisotopic (exact) mass is 230 g/mol. The molecule has 0 saturated carbocycles. The van der Waals surface area contributed by atoms with Gasteiger partial charge in [0.1, 0.15) is 0 Å². The van der Waals surface area contributed by atoms with Crippen LogP contribution in [0.2, 0.25) is 0 Å². The normalized spacial score (nSPS) is 23.2. The fraction of sp³-hybridized carbons (Fsp3) is 1.00. The second-order valence-corrected chi connectivity index (χ2v) is 5.00. The topological polar surface area (TPSA) is 33.7 Å². The zero-order valence-corrected chi connectivity index (χ0v) is 11.1. The van der Waals surface area contributed by atoms with Gasteiger partial charge in [-0.1, -0.05) is 6.92 Å². The lowest BCUT2D eigenvalue weighted by Gasteiger charge is -2.42. The summed E-state index contributed by atoms with van der Waals surface area (Å²) in [7, 11) is 1.77. The first-order valence-electron chi connectivity index (χ1n) is 6.16. The minimum atomic E-state index is -0.0313. The van der Waals surface area contributed by atoms with Gasteiger partial charge in [-0.25, -0.2) is 0 Å². The number of nitrogens with one attached hydrogen (secondary N) is 1. The molecule has 0 spiro atoms. The van der Waals surface area contributed by atoms with Crippen molar-refractivity contribution in [1.82, 2.24) is 10.2 Å². The summed E-state index contributed by atoms with van der Waals surface area (Å²) >= 11 is 0. The molecular formula is C12H26N2O2. The van der Waals surface area contributed by atoms with E-state index in [0.29, 0.717) is 6.04 Å². The van der Waals surface area contributed by atoms with E-state index >= 15 is 0 Å². The highest BCUT2D eigenvalue weighted by Gasteiger charge is 2.30. The molecule has 16 heavy (non-hydrogen) atoms. The Hall–Kier alpha value is -0.160. The van der Waals surface area contributed by atoms with Gasteiger partial charge >= 0.3 is 0 Å². The molecule has 0 aromatic heterocycles. The largest absolute Gasteiger partial charge is 0.383 e. The first-order chi connectivity index (χ1) is 7.59. The highest BCUT2D eigenvalue weighted by Crippen LogP contribution is 2.18. The average Bonchev–Trinajstić information content (AvgIpc) is 2.22. The summed E-state index contributed by atoms with van der Waals surface area (Å²) in [4.78, 5) is 2.47.